The van der Waals surface area contributed by atoms with E-state index in [2.05, 4.69) is 0 Å². The summed E-state index contributed by atoms with van der Waals surface area (Å²) >= 11 is -4.15. The Morgan fingerprint density at radius 1 is 0.727 bits per heavy atom. The van der Waals surface area contributed by atoms with Crippen molar-refractivity contribution in [2.45, 2.75) is 47.0 Å². The number of rotatable bonds is 15. The first kappa shape index (κ1) is 31.0. The molecule has 0 aliphatic heterocycles. The van der Waals surface area contributed by atoms with Crippen LogP contribution < -0.4 is 67.5 Å². The Balaban J connectivity index is -0.00000180. The van der Waals surface area contributed by atoms with Gasteiger partial charge in [-0.3, -0.25) is 0 Å². The summed E-state index contributed by atoms with van der Waals surface area (Å²) in [6.45, 7) is 0. The van der Waals surface area contributed by atoms with Crippen LogP contribution in [-0.4, -0.2) is 67.5 Å². The van der Waals surface area contributed by atoms with Crippen LogP contribution in [0.1, 0.15) is 25.7 Å². The Hall–Kier alpha value is 4.30. The third-order valence-corrected chi connectivity index (χ3v) is 13.8. The van der Waals surface area contributed by atoms with Gasteiger partial charge < -0.3 is 0 Å². The Bertz CT molecular complexity index is 255. The van der Waals surface area contributed by atoms with Crippen LogP contribution in [0.25, 0.3) is 0 Å². The average molecular weight is 630 g/mol. The van der Waals surface area contributed by atoms with E-state index in [0.717, 1.165) is 25.7 Å². The fourth-order valence-electron chi connectivity index (χ4n) is 1.07. The molecule has 0 aliphatic carbocycles. The molecule has 12 heteroatoms. The molecule has 122 valence electrons. The first-order valence-corrected chi connectivity index (χ1v) is 19.9. The zero-order chi connectivity index (χ0) is 15.1. The number of unbranched alkanes of at least 4 members (excludes halogenated alkanes) is 2. The maximum atomic E-state index is 10.4. The van der Waals surface area contributed by atoms with Gasteiger partial charge in [-0.15, -0.1) is 0 Å². The summed E-state index contributed by atoms with van der Waals surface area (Å²) in [5.74, 6) is 2.39. The zero-order valence-corrected chi connectivity index (χ0v) is 25.6. The Morgan fingerprint density at radius 3 is 1.41 bits per heavy atom. The molecule has 0 rings (SSSR count). The molecule has 0 saturated carbocycles. The first-order valence-electron chi connectivity index (χ1n) is 6.23. The van der Waals surface area contributed by atoms with E-state index in [9.17, 15) is 16.0 Å². The Kier molecular flexibility index (Phi) is 35.7. The molecule has 0 fully saturated rings. The zero-order valence-electron chi connectivity index (χ0n) is 13.2. The van der Waals surface area contributed by atoms with Crippen LogP contribution in [0.3, 0.4) is 0 Å². The SMILES string of the molecule is O=[Se]([O-])CCCC[Se]SCCS[Se]CCCC[Se](=O)[O-].[Na+].[Na+]. The van der Waals surface area contributed by atoms with E-state index in [0.29, 0.717) is 38.3 Å². The normalized spacial score (nSPS) is 13.0. The van der Waals surface area contributed by atoms with Crippen LogP contribution in [-0.2, 0) is 7.67 Å². The van der Waals surface area contributed by atoms with Gasteiger partial charge in [-0.05, 0) is 0 Å². The summed E-state index contributed by atoms with van der Waals surface area (Å²) < 4.78 is 41.6. The summed E-state index contributed by atoms with van der Waals surface area (Å²) in [5, 5.41) is 3.17. The molecule has 0 aliphatic rings. The molecule has 0 spiro atoms. The third-order valence-electron chi connectivity index (χ3n) is 1.99. The van der Waals surface area contributed by atoms with Gasteiger partial charge in [0.15, 0.2) is 0 Å². The molecule has 0 bridgehead atoms. The molecule has 22 heavy (non-hydrogen) atoms. The van der Waals surface area contributed by atoms with E-state index >= 15 is 0 Å². The first-order chi connectivity index (χ1) is 9.63. The maximum absolute atomic E-state index is 10.4. The van der Waals surface area contributed by atoms with E-state index in [1.807, 2.05) is 20.4 Å². The van der Waals surface area contributed by atoms with E-state index < -0.39 is 28.3 Å². The molecule has 0 saturated heterocycles. The predicted molar refractivity (Wildman–Crippen MR) is 87.0 cm³/mol. The minimum Gasteiger partial charge on any atom is 1.00 e. The number of hydrogen-bond donors (Lipinski definition) is 0. The van der Waals surface area contributed by atoms with E-state index in [1.165, 1.54) is 22.1 Å². The van der Waals surface area contributed by atoms with Crippen molar-refractivity contribution in [2.24, 2.45) is 0 Å². The maximum Gasteiger partial charge on any atom is 1.00 e. The van der Waals surface area contributed by atoms with Gasteiger partial charge in [-0.2, -0.15) is 0 Å². The molecule has 4 nitrogen and oxygen atoms in total. The van der Waals surface area contributed by atoms with Gasteiger partial charge in [0.2, 0.25) is 0 Å². The van der Waals surface area contributed by atoms with E-state index in [4.69, 9.17) is 0 Å². The summed E-state index contributed by atoms with van der Waals surface area (Å²) in [4.78, 5) is 0. The fourth-order valence-corrected chi connectivity index (χ4v) is 12.0. The number of hydrogen-bond acceptors (Lipinski definition) is 6. The smallest absolute Gasteiger partial charge is 1.00 e. The quantitative estimate of drug-likeness (QED) is 0.133. The van der Waals surface area contributed by atoms with Gasteiger partial charge in [0.25, 0.3) is 0 Å². The molecule has 0 amide bonds. The van der Waals surface area contributed by atoms with Crippen LogP contribution in [0.5, 0.6) is 0 Å². The summed E-state index contributed by atoms with van der Waals surface area (Å²) in [6.07, 6.45) is 3.79. The molecular weight excluding hydrogens is 610 g/mol. The molecule has 0 heterocycles. The molecule has 0 N–H and O–H groups in total. The molecule has 0 aromatic carbocycles. The second-order valence-corrected chi connectivity index (χ2v) is 17.4. The van der Waals surface area contributed by atoms with Crippen LogP contribution in [0.2, 0.25) is 21.3 Å². The molecule has 2 unspecified atom stereocenters. The van der Waals surface area contributed by atoms with Crippen molar-refractivity contribution in [3.05, 3.63) is 0 Å². The fraction of sp³-hybridized carbons (Fsp3) is 1.00. The van der Waals surface area contributed by atoms with Crippen molar-refractivity contribution in [3.63, 3.8) is 0 Å². The molecule has 0 aromatic heterocycles. The standard InChI is InChI=1S/C10H22O4S2Se4.2Na/c11-19(12)9-3-1-7-17-15-5-6-16-18-8-2-4-10-20(13)14;;/h1-10H2,(H,11,12)(H,13,14);;/q;2*+1/p-2. The van der Waals surface area contributed by atoms with Gasteiger partial charge >= 0.3 is 210 Å². The molecule has 0 radical (unpaired) electrons. The van der Waals surface area contributed by atoms with Gasteiger partial charge in [-0.25, -0.2) is 0 Å². The van der Waals surface area contributed by atoms with Crippen molar-refractivity contribution in [3.8, 4) is 0 Å². The predicted octanol–water partition coefficient (Wildman–Crippen LogP) is -5.35. The van der Waals surface area contributed by atoms with E-state index in [-0.39, 0.29) is 59.1 Å². The molecule has 2 atom stereocenters. The van der Waals surface area contributed by atoms with Crippen LogP contribution in [0.4, 0.5) is 0 Å². The second-order valence-electron chi connectivity index (χ2n) is 3.72. The Labute approximate surface area is 206 Å². The van der Waals surface area contributed by atoms with Crippen LogP contribution >= 0.6 is 20.4 Å². The minimum atomic E-state index is -2.68. The van der Waals surface area contributed by atoms with Crippen molar-refractivity contribution < 1.29 is 75.2 Å². The van der Waals surface area contributed by atoms with Crippen molar-refractivity contribution >= 4 is 76.4 Å². The monoisotopic (exact) mass is 634 g/mol. The van der Waals surface area contributed by atoms with Gasteiger partial charge in [0.05, 0.1) is 0 Å². The Morgan fingerprint density at radius 2 is 1.09 bits per heavy atom. The van der Waals surface area contributed by atoms with E-state index in [1.54, 1.807) is 0 Å². The largest absolute Gasteiger partial charge is 1.00 e. The summed E-state index contributed by atoms with van der Waals surface area (Å²) in [6, 6.07) is 0. The van der Waals surface area contributed by atoms with Gasteiger partial charge in [0, 0.05) is 0 Å². The van der Waals surface area contributed by atoms with Crippen LogP contribution in [0, 0.1) is 0 Å². The summed E-state index contributed by atoms with van der Waals surface area (Å²) in [5.41, 5.74) is 0. The van der Waals surface area contributed by atoms with Crippen molar-refractivity contribution in [1.29, 1.82) is 0 Å². The third kappa shape index (κ3) is 29.1. The average Bonchev–Trinajstić information content (AvgIpc) is 2.38. The molecule has 0 aromatic rings. The van der Waals surface area contributed by atoms with Gasteiger partial charge in [-0.1, -0.05) is 0 Å². The summed E-state index contributed by atoms with van der Waals surface area (Å²) in [7, 11) is 4.02. The van der Waals surface area contributed by atoms with Crippen molar-refractivity contribution in [2.75, 3.05) is 11.5 Å². The topological polar surface area (TPSA) is 80.3 Å². The molecular formula is C10H20Na2O4S2Se4. The van der Waals surface area contributed by atoms with Crippen molar-refractivity contribution in [1.82, 2.24) is 0 Å². The van der Waals surface area contributed by atoms with Crippen LogP contribution in [0.15, 0.2) is 0 Å². The van der Waals surface area contributed by atoms with Gasteiger partial charge in [0.1, 0.15) is 0 Å². The second kappa shape index (κ2) is 25.3. The minimum absolute atomic E-state index is 0.